The normalized spacial score (nSPS) is 9.19. The van der Waals surface area contributed by atoms with Crippen LogP contribution in [0.5, 0.6) is 0 Å². The number of hydrogen-bond acceptors (Lipinski definition) is 4. The summed E-state index contributed by atoms with van der Waals surface area (Å²) < 4.78 is 0. The predicted octanol–water partition coefficient (Wildman–Crippen LogP) is 0.395. The van der Waals surface area contributed by atoms with Gasteiger partial charge in [-0.3, -0.25) is 5.41 Å². The molecule has 0 saturated heterocycles. The predicted molar refractivity (Wildman–Crippen MR) is 63.8 cm³/mol. The van der Waals surface area contributed by atoms with Gasteiger partial charge in [-0.2, -0.15) is 10.3 Å². The fourth-order valence-electron chi connectivity index (χ4n) is 0.951. The van der Waals surface area contributed by atoms with Crippen molar-refractivity contribution in [3.05, 3.63) is 29.6 Å². The Kier molecular flexibility index (Phi) is 4.29. The molecule has 16 heavy (non-hydrogen) atoms. The molecule has 0 aliphatic heterocycles. The minimum Gasteiger partial charge on any atom is -0.370 e. The summed E-state index contributed by atoms with van der Waals surface area (Å²) in [5, 5.41) is 16.2. The summed E-state index contributed by atoms with van der Waals surface area (Å²) in [6, 6.07) is 5.50. The molecule has 5 N–H and O–H groups in total. The quantitative estimate of drug-likeness (QED) is 0.504. The lowest BCUT2D eigenvalue weighted by atomic mass is 10.2. The standard InChI is InChI=1S/C9H10N6S/c10-4-7-6(2-1-3-14-7)5-16-9(13)15-8(11)12/h1-3H,5H2,(H5,11,12,13,15). The summed E-state index contributed by atoms with van der Waals surface area (Å²) >= 11 is 1.13. The number of nitrogens with zero attached hydrogens (tertiary/aromatic N) is 3. The van der Waals surface area contributed by atoms with Gasteiger partial charge in [0.25, 0.3) is 0 Å². The van der Waals surface area contributed by atoms with E-state index in [0.29, 0.717) is 11.4 Å². The third kappa shape index (κ3) is 3.59. The van der Waals surface area contributed by atoms with Crippen molar-refractivity contribution in [3.63, 3.8) is 0 Å². The molecule has 0 fully saturated rings. The van der Waals surface area contributed by atoms with E-state index in [0.717, 1.165) is 17.3 Å². The Labute approximate surface area is 96.9 Å². The van der Waals surface area contributed by atoms with Crippen LogP contribution in [0.4, 0.5) is 0 Å². The molecule has 0 amide bonds. The second-order valence-electron chi connectivity index (χ2n) is 2.75. The van der Waals surface area contributed by atoms with Gasteiger partial charge in [0.2, 0.25) is 0 Å². The molecule has 0 bridgehead atoms. The van der Waals surface area contributed by atoms with Crippen molar-refractivity contribution in [2.24, 2.45) is 16.5 Å². The first-order chi connectivity index (χ1) is 7.63. The number of aromatic nitrogens is 1. The molecule has 1 rings (SSSR count). The van der Waals surface area contributed by atoms with Crippen LogP contribution in [0.3, 0.4) is 0 Å². The van der Waals surface area contributed by atoms with E-state index in [-0.39, 0.29) is 11.1 Å². The van der Waals surface area contributed by atoms with E-state index in [1.165, 1.54) is 0 Å². The van der Waals surface area contributed by atoms with Gasteiger partial charge in [-0.25, -0.2) is 4.98 Å². The maximum atomic E-state index is 8.79. The van der Waals surface area contributed by atoms with Gasteiger partial charge in [0, 0.05) is 11.9 Å². The number of aliphatic imine (C=N–C) groups is 1. The Bertz CT molecular complexity index is 457. The number of pyridine rings is 1. The molecule has 82 valence electrons. The molecular formula is C9H10N6S. The first kappa shape index (κ1) is 12.0. The van der Waals surface area contributed by atoms with Crippen LogP contribution in [-0.2, 0) is 5.75 Å². The van der Waals surface area contributed by atoms with E-state index in [1.807, 2.05) is 6.07 Å². The number of amidine groups is 1. The van der Waals surface area contributed by atoms with Crippen molar-refractivity contribution in [3.8, 4) is 6.07 Å². The summed E-state index contributed by atoms with van der Waals surface area (Å²) in [5.74, 6) is 0.288. The summed E-state index contributed by atoms with van der Waals surface area (Å²) in [4.78, 5) is 7.47. The topological polar surface area (TPSA) is 125 Å². The molecule has 0 aromatic carbocycles. The molecule has 0 saturated carbocycles. The van der Waals surface area contributed by atoms with Crippen molar-refractivity contribution in [2.75, 3.05) is 0 Å². The number of nitrogens with one attached hydrogen (secondary N) is 1. The minimum atomic E-state index is -0.149. The highest BCUT2D eigenvalue weighted by Gasteiger charge is 2.04. The minimum absolute atomic E-state index is 0.00717. The molecule has 0 unspecified atom stereocenters. The zero-order valence-electron chi connectivity index (χ0n) is 8.34. The largest absolute Gasteiger partial charge is 0.370 e. The van der Waals surface area contributed by atoms with Crippen LogP contribution in [0.1, 0.15) is 11.3 Å². The van der Waals surface area contributed by atoms with Gasteiger partial charge < -0.3 is 11.5 Å². The smallest absolute Gasteiger partial charge is 0.193 e. The van der Waals surface area contributed by atoms with Crippen LogP contribution in [0.25, 0.3) is 0 Å². The highest BCUT2D eigenvalue weighted by molar-refractivity contribution is 8.13. The van der Waals surface area contributed by atoms with Crippen LogP contribution in [0.15, 0.2) is 23.3 Å². The Morgan fingerprint density at radius 2 is 2.38 bits per heavy atom. The van der Waals surface area contributed by atoms with Crippen LogP contribution < -0.4 is 11.5 Å². The number of nitrogens with two attached hydrogens (primary N) is 2. The maximum absolute atomic E-state index is 8.79. The molecule has 0 radical (unpaired) electrons. The third-order valence-corrected chi connectivity index (χ3v) is 2.41. The fraction of sp³-hybridized carbons (Fsp3) is 0.111. The Hall–Kier alpha value is -2.07. The molecule has 7 heteroatoms. The second-order valence-corrected chi connectivity index (χ2v) is 3.72. The van der Waals surface area contributed by atoms with Crippen LogP contribution >= 0.6 is 11.8 Å². The molecule has 6 nitrogen and oxygen atoms in total. The number of hydrogen-bond donors (Lipinski definition) is 3. The molecule has 1 aromatic rings. The van der Waals surface area contributed by atoms with Crippen molar-refractivity contribution >= 4 is 22.9 Å². The number of nitriles is 1. The third-order valence-electron chi connectivity index (χ3n) is 1.59. The summed E-state index contributed by atoms with van der Waals surface area (Å²) in [5.41, 5.74) is 11.4. The highest BCUT2D eigenvalue weighted by atomic mass is 32.2. The van der Waals surface area contributed by atoms with Crippen molar-refractivity contribution in [2.45, 2.75) is 5.75 Å². The first-order valence-electron chi connectivity index (χ1n) is 4.28. The van der Waals surface area contributed by atoms with Gasteiger partial charge in [-0.05, 0) is 11.6 Å². The monoisotopic (exact) mass is 234 g/mol. The highest BCUT2D eigenvalue weighted by Crippen LogP contribution is 2.15. The van der Waals surface area contributed by atoms with E-state index in [4.69, 9.17) is 22.1 Å². The Balaban J connectivity index is 2.66. The summed E-state index contributed by atoms with van der Waals surface area (Å²) in [6.45, 7) is 0. The van der Waals surface area contributed by atoms with E-state index in [1.54, 1.807) is 18.3 Å². The van der Waals surface area contributed by atoms with E-state index in [2.05, 4.69) is 9.98 Å². The Morgan fingerprint density at radius 1 is 1.62 bits per heavy atom. The number of thioether (sulfide) groups is 1. The molecule has 0 aliphatic rings. The number of guanidine groups is 1. The molecule has 1 heterocycles. The lowest BCUT2D eigenvalue weighted by molar-refractivity contribution is 1.20. The van der Waals surface area contributed by atoms with Crippen LogP contribution in [0.2, 0.25) is 0 Å². The SMILES string of the molecule is N#Cc1ncccc1CSC(=N)N=C(N)N. The average molecular weight is 234 g/mol. The molecule has 0 spiro atoms. The lowest BCUT2D eigenvalue weighted by Crippen LogP contribution is -2.23. The molecule has 0 aliphatic carbocycles. The van der Waals surface area contributed by atoms with Gasteiger partial charge in [0.05, 0.1) is 0 Å². The molecular weight excluding hydrogens is 224 g/mol. The van der Waals surface area contributed by atoms with E-state index < -0.39 is 0 Å². The Morgan fingerprint density at radius 3 is 3.00 bits per heavy atom. The van der Waals surface area contributed by atoms with Crippen molar-refractivity contribution < 1.29 is 0 Å². The fourth-order valence-corrected chi connectivity index (χ4v) is 1.65. The first-order valence-corrected chi connectivity index (χ1v) is 5.27. The zero-order chi connectivity index (χ0) is 12.0. The summed E-state index contributed by atoms with van der Waals surface area (Å²) in [6.07, 6.45) is 1.55. The van der Waals surface area contributed by atoms with Crippen molar-refractivity contribution in [1.82, 2.24) is 4.98 Å². The van der Waals surface area contributed by atoms with Crippen LogP contribution in [-0.4, -0.2) is 16.1 Å². The molecule has 0 atom stereocenters. The average Bonchev–Trinajstić information content (AvgIpc) is 2.26. The maximum Gasteiger partial charge on any atom is 0.193 e. The summed E-state index contributed by atoms with van der Waals surface area (Å²) in [7, 11) is 0. The molecule has 1 aromatic heterocycles. The van der Waals surface area contributed by atoms with E-state index >= 15 is 0 Å². The van der Waals surface area contributed by atoms with Crippen LogP contribution in [0, 0.1) is 16.7 Å². The van der Waals surface area contributed by atoms with Crippen molar-refractivity contribution in [1.29, 1.82) is 10.7 Å². The second kappa shape index (κ2) is 5.72. The van der Waals surface area contributed by atoms with E-state index in [9.17, 15) is 0 Å². The van der Waals surface area contributed by atoms with Gasteiger partial charge in [-0.15, -0.1) is 0 Å². The van der Waals surface area contributed by atoms with Gasteiger partial charge in [0.1, 0.15) is 11.8 Å². The van der Waals surface area contributed by atoms with Gasteiger partial charge >= 0.3 is 0 Å². The van der Waals surface area contributed by atoms with Gasteiger partial charge in [0.15, 0.2) is 11.1 Å². The number of rotatable bonds is 2. The lowest BCUT2D eigenvalue weighted by Gasteiger charge is -2.01. The zero-order valence-corrected chi connectivity index (χ0v) is 9.16. The van der Waals surface area contributed by atoms with Gasteiger partial charge in [-0.1, -0.05) is 17.8 Å².